The SMILES string of the molecule is Cc1ccc(NC(=O)C[NH2+]CC2CCCCC2)cc1Br. The fraction of sp³-hybridized carbons (Fsp3) is 0.562. The molecule has 0 heterocycles. The van der Waals surface area contributed by atoms with E-state index in [1.807, 2.05) is 25.1 Å². The Bertz CT molecular complexity index is 456. The third-order valence-corrected chi connectivity index (χ3v) is 4.86. The first-order chi connectivity index (χ1) is 9.65. The van der Waals surface area contributed by atoms with Crippen molar-refractivity contribution in [3.05, 3.63) is 28.2 Å². The van der Waals surface area contributed by atoms with Crippen LogP contribution in [0, 0.1) is 12.8 Å². The Kier molecular flexibility index (Phi) is 6.05. The zero-order valence-electron chi connectivity index (χ0n) is 12.1. The van der Waals surface area contributed by atoms with Gasteiger partial charge in [-0.15, -0.1) is 0 Å². The van der Waals surface area contributed by atoms with Crippen LogP contribution in [-0.4, -0.2) is 19.0 Å². The van der Waals surface area contributed by atoms with E-state index in [1.54, 1.807) is 0 Å². The van der Waals surface area contributed by atoms with Crippen molar-refractivity contribution in [1.29, 1.82) is 0 Å². The fourth-order valence-corrected chi connectivity index (χ4v) is 3.13. The minimum absolute atomic E-state index is 0.0802. The summed E-state index contributed by atoms with van der Waals surface area (Å²) in [6.07, 6.45) is 6.79. The number of anilines is 1. The summed E-state index contributed by atoms with van der Waals surface area (Å²) in [6.45, 7) is 3.64. The van der Waals surface area contributed by atoms with Crippen LogP contribution in [0.5, 0.6) is 0 Å². The fourth-order valence-electron chi connectivity index (χ4n) is 2.76. The van der Waals surface area contributed by atoms with Gasteiger partial charge in [0.25, 0.3) is 5.91 Å². The van der Waals surface area contributed by atoms with Gasteiger partial charge in [-0.3, -0.25) is 4.79 Å². The molecule has 0 bridgehead atoms. The van der Waals surface area contributed by atoms with Crippen LogP contribution in [0.25, 0.3) is 0 Å². The van der Waals surface area contributed by atoms with E-state index >= 15 is 0 Å². The lowest BCUT2D eigenvalue weighted by molar-refractivity contribution is -0.649. The van der Waals surface area contributed by atoms with Crippen molar-refractivity contribution in [2.75, 3.05) is 18.4 Å². The molecule has 2 rings (SSSR count). The molecule has 1 aliphatic carbocycles. The highest BCUT2D eigenvalue weighted by Crippen LogP contribution is 2.22. The van der Waals surface area contributed by atoms with Crippen molar-refractivity contribution in [3.8, 4) is 0 Å². The summed E-state index contributed by atoms with van der Waals surface area (Å²) in [5.74, 6) is 0.890. The van der Waals surface area contributed by atoms with E-state index in [1.165, 1.54) is 37.7 Å². The van der Waals surface area contributed by atoms with Crippen LogP contribution in [0.4, 0.5) is 5.69 Å². The minimum Gasteiger partial charge on any atom is -0.338 e. The summed E-state index contributed by atoms with van der Waals surface area (Å²) in [7, 11) is 0. The molecule has 1 aromatic rings. The molecule has 1 amide bonds. The third kappa shape index (κ3) is 4.91. The number of quaternary nitrogens is 1. The van der Waals surface area contributed by atoms with E-state index in [2.05, 4.69) is 26.6 Å². The van der Waals surface area contributed by atoms with Gasteiger partial charge in [0.1, 0.15) is 0 Å². The molecule has 3 N–H and O–H groups in total. The van der Waals surface area contributed by atoms with Gasteiger partial charge in [0.15, 0.2) is 6.54 Å². The second-order valence-electron chi connectivity index (χ2n) is 5.74. The van der Waals surface area contributed by atoms with Gasteiger partial charge in [-0.25, -0.2) is 0 Å². The van der Waals surface area contributed by atoms with E-state index in [4.69, 9.17) is 0 Å². The average Bonchev–Trinajstić information content (AvgIpc) is 2.44. The van der Waals surface area contributed by atoms with E-state index in [9.17, 15) is 4.79 Å². The number of halogens is 1. The predicted octanol–water partition coefficient (Wildman–Crippen LogP) is 2.84. The summed E-state index contributed by atoms with van der Waals surface area (Å²) < 4.78 is 1.03. The van der Waals surface area contributed by atoms with Crippen molar-refractivity contribution in [1.82, 2.24) is 0 Å². The highest BCUT2D eigenvalue weighted by Gasteiger charge is 2.15. The Morgan fingerprint density at radius 1 is 1.35 bits per heavy atom. The Balaban J connectivity index is 1.70. The molecule has 3 nitrogen and oxygen atoms in total. The molecular formula is C16H24BrN2O+. The lowest BCUT2D eigenvalue weighted by Crippen LogP contribution is -2.87. The zero-order chi connectivity index (χ0) is 14.4. The third-order valence-electron chi connectivity index (χ3n) is 4.01. The first kappa shape index (κ1) is 15.5. The van der Waals surface area contributed by atoms with Crippen LogP contribution in [0.3, 0.4) is 0 Å². The number of rotatable bonds is 5. The lowest BCUT2D eigenvalue weighted by atomic mass is 9.89. The molecule has 0 unspecified atom stereocenters. The Labute approximate surface area is 129 Å². The number of hydrogen-bond acceptors (Lipinski definition) is 1. The number of carbonyl (C=O) groups is 1. The maximum atomic E-state index is 11.9. The van der Waals surface area contributed by atoms with Crippen LogP contribution < -0.4 is 10.6 Å². The van der Waals surface area contributed by atoms with Crippen LogP contribution in [-0.2, 0) is 4.79 Å². The van der Waals surface area contributed by atoms with E-state index in [0.717, 1.165) is 22.6 Å². The van der Waals surface area contributed by atoms with Gasteiger partial charge in [-0.05, 0) is 37.5 Å². The molecule has 110 valence electrons. The quantitative estimate of drug-likeness (QED) is 0.851. The molecule has 0 spiro atoms. The Morgan fingerprint density at radius 3 is 2.80 bits per heavy atom. The van der Waals surface area contributed by atoms with Gasteiger partial charge in [0.05, 0.1) is 6.54 Å². The van der Waals surface area contributed by atoms with Crippen molar-refractivity contribution >= 4 is 27.5 Å². The highest BCUT2D eigenvalue weighted by atomic mass is 79.9. The van der Waals surface area contributed by atoms with E-state index < -0.39 is 0 Å². The van der Waals surface area contributed by atoms with Crippen molar-refractivity contribution in [3.63, 3.8) is 0 Å². The van der Waals surface area contributed by atoms with Crippen LogP contribution in [0.1, 0.15) is 37.7 Å². The monoisotopic (exact) mass is 339 g/mol. The van der Waals surface area contributed by atoms with Gasteiger partial charge in [0, 0.05) is 16.1 Å². The first-order valence-electron chi connectivity index (χ1n) is 7.53. The molecule has 20 heavy (non-hydrogen) atoms. The summed E-state index contributed by atoms with van der Waals surface area (Å²) in [5.41, 5.74) is 2.03. The number of hydrogen-bond donors (Lipinski definition) is 2. The summed E-state index contributed by atoms with van der Waals surface area (Å²) >= 11 is 3.48. The van der Waals surface area contributed by atoms with Gasteiger partial charge in [-0.1, -0.05) is 41.3 Å². The number of nitrogens with two attached hydrogens (primary N) is 1. The molecule has 4 heteroatoms. The van der Waals surface area contributed by atoms with Gasteiger partial charge in [0.2, 0.25) is 0 Å². The van der Waals surface area contributed by atoms with Crippen molar-refractivity contribution < 1.29 is 10.1 Å². The van der Waals surface area contributed by atoms with Crippen LogP contribution in [0.15, 0.2) is 22.7 Å². The van der Waals surface area contributed by atoms with Crippen molar-refractivity contribution in [2.45, 2.75) is 39.0 Å². The topological polar surface area (TPSA) is 45.7 Å². The largest absolute Gasteiger partial charge is 0.338 e. The molecular weight excluding hydrogens is 316 g/mol. The summed E-state index contributed by atoms with van der Waals surface area (Å²) in [4.78, 5) is 11.9. The average molecular weight is 340 g/mol. The minimum atomic E-state index is 0.0802. The first-order valence-corrected chi connectivity index (χ1v) is 8.32. The Morgan fingerprint density at radius 2 is 2.10 bits per heavy atom. The van der Waals surface area contributed by atoms with Gasteiger partial charge >= 0.3 is 0 Å². The number of aryl methyl sites for hydroxylation is 1. The molecule has 0 atom stereocenters. The zero-order valence-corrected chi connectivity index (χ0v) is 13.7. The maximum absolute atomic E-state index is 11.9. The molecule has 1 aliphatic rings. The summed E-state index contributed by atoms with van der Waals surface area (Å²) in [6, 6.07) is 5.90. The molecule has 0 aromatic heterocycles. The standard InChI is InChI=1S/C16H23BrN2O/c1-12-7-8-14(9-15(12)17)19-16(20)11-18-10-13-5-3-2-4-6-13/h7-9,13,18H,2-6,10-11H2,1H3,(H,19,20)/p+1. The predicted molar refractivity (Wildman–Crippen MR) is 85.7 cm³/mol. The summed E-state index contributed by atoms with van der Waals surface area (Å²) in [5, 5.41) is 5.09. The van der Waals surface area contributed by atoms with Gasteiger partial charge < -0.3 is 10.6 Å². The molecule has 0 aliphatic heterocycles. The highest BCUT2D eigenvalue weighted by molar-refractivity contribution is 9.10. The smallest absolute Gasteiger partial charge is 0.279 e. The molecule has 1 saturated carbocycles. The second kappa shape index (κ2) is 7.79. The number of carbonyl (C=O) groups excluding carboxylic acids is 1. The van der Waals surface area contributed by atoms with Crippen LogP contribution in [0.2, 0.25) is 0 Å². The lowest BCUT2D eigenvalue weighted by Gasteiger charge is -2.19. The van der Waals surface area contributed by atoms with E-state index in [0.29, 0.717) is 6.54 Å². The normalized spacial score (nSPS) is 16.1. The molecule has 1 fully saturated rings. The van der Waals surface area contributed by atoms with Gasteiger partial charge in [-0.2, -0.15) is 0 Å². The number of amides is 1. The Hall–Kier alpha value is -0.870. The van der Waals surface area contributed by atoms with Crippen LogP contribution >= 0.6 is 15.9 Å². The molecule has 0 radical (unpaired) electrons. The maximum Gasteiger partial charge on any atom is 0.279 e. The number of nitrogens with one attached hydrogen (secondary N) is 1. The van der Waals surface area contributed by atoms with Crippen molar-refractivity contribution in [2.24, 2.45) is 5.92 Å². The second-order valence-corrected chi connectivity index (χ2v) is 6.60. The molecule has 0 saturated heterocycles. The molecule has 1 aromatic carbocycles. The number of benzene rings is 1. The van der Waals surface area contributed by atoms with E-state index in [-0.39, 0.29) is 5.91 Å².